The van der Waals surface area contributed by atoms with Crippen LogP contribution in [-0.2, 0) is 9.53 Å². The minimum atomic E-state index is -0.0737. The van der Waals surface area contributed by atoms with Gasteiger partial charge in [-0.25, -0.2) is 0 Å². The molecule has 19 heavy (non-hydrogen) atoms. The van der Waals surface area contributed by atoms with E-state index in [1.165, 1.54) is 44.9 Å². The monoisotopic (exact) mass is 271 g/mol. The van der Waals surface area contributed by atoms with E-state index in [-0.39, 0.29) is 12.0 Å². The highest BCUT2D eigenvalue weighted by atomic mass is 16.5. The number of carbonyl (C=O) groups excluding carboxylic acids is 1. The highest BCUT2D eigenvalue weighted by Gasteiger charge is 2.21. The van der Waals surface area contributed by atoms with Gasteiger partial charge >= 0.3 is 5.97 Å². The molecule has 0 bridgehead atoms. The molecule has 0 spiro atoms. The molecule has 3 heteroatoms. The van der Waals surface area contributed by atoms with E-state index in [9.17, 15) is 4.79 Å². The van der Waals surface area contributed by atoms with Crippen LogP contribution in [0.2, 0.25) is 0 Å². The van der Waals surface area contributed by atoms with Crippen LogP contribution < -0.4 is 0 Å². The van der Waals surface area contributed by atoms with Crippen molar-refractivity contribution in [2.24, 2.45) is 0 Å². The molecule has 0 heterocycles. The van der Waals surface area contributed by atoms with Gasteiger partial charge in [0.25, 0.3) is 0 Å². The predicted molar refractivity (Wildman–Crippen MR) is 81.3 cm³/mol. The average molecular weight is 271 g/mol. The Kier molecular flexibility index (Phi) is 12.1. The summed E-state index contributed by atoms with van der Waals surface area (Å²) in [6, 6.07) is -0.0694. The summed E-state index contributed by atoms with van der Waals surface area (Å²) in [5.41, 5.74) is 0. The van der Waals surface area contributed by atoms with Crippen molar-refractivity contribution in [1.82, 2.24) is 4.90 Å². The van der Waals surface area contributed by atoms with Crippen LogP contribution in [0.15, 0.2) is 0 Å². The maximum absolute atomic E-state index is 11.8. The molecule has 1 atom stereocenters. The molecule has 0 aliphatic heterocycles. The van der Waals surface area contributed by atoms with Gasteiger partial charge in [-0.3, -0.25) is 9.69 Å². The van der Waals surface area contributed by atoms with Gasteiger partial charge in [0, 0.05) is 0 Å². The van der Waals surface area contributed by atoms with Crippen molar-refractivity contribution in [2.75, 3.05) is 20.7 Å². The Morgan fingerprint density at radius 2 is 1.47 bits per heavy atom. The van der Waals surface area contributed by atoms with E-state index in [0.29, 0.717) is 6.61 Å². The fourth-order valence-electron chi connectivity index (χ4n) is 2.30. The normalized spacial score (nSPS) is 12.7. The fraction of sp³-hybridized carbons (Fsp3) is 0.938. The summed E-state index contributed by atoms with van der Waals surface area (Å²) in [4.78, 5) is 13.7. The van der Waals surface area contributed by atoms with Crippen LogP contribution in [0.5, 0.6) is 0 Å². The molecule has 0 aromatic carbocycles. The molecule has 1 unspecified atom stereocenters. The van der Waals surface area contributed by atoms with Crippen molar-refractivity contribution in [2.45, 2.75) is 77.7 Å². The van der Waals surface area contributed by atoms with Gasteiger partial charge in [-0.1, -0.05) is 58.3 Å². The first-order valence-electron chi connectivity index (χ1n) is 7.96. The van der Waals surface area contributed by atoms with E-state index in [1.54, 1.807) is 0 Å². The maximum atomic E-state index is 11.8. The Bertz CT molecular complexity index is 217. The average Bonchev–Trinajstić information content (AvgIpc) is 2.36. The number of rotatable bonds is 12. The number of hydrogen-bond donors (Lipinski definition) is 0. The number of likely N-dealkylation sites (N-methyl/N-ethyl adjacent to an activating group) is 1. The zero-order valence-electron chi connectivity index (χ0n) is 13.4. The van der Waals surface area contributed by atoms with Gasteiger partial charge in [0.15, 0.2) is 0 Å². The number of unbranched alkanes of at least 4 members (excludes halogenated alkanes) is 7. The lowest BCUT2D eigenvalue weighted by atomic mass is 10.0. The number of esters is 1. The third kappa shape index (κ3) is 9.94. The summed E-state index contributed by atoms with van der Waals surface area (Å²) in [5, 5.41) is 0. The molecule has 0 aromatic rings. The molecule has 0 N–H and O–H groups in total. The molecular weight excluding hydrogens is 238 g/mol. The molecule has 0 fully saturated rings. The topological polar surface area (TPSA) is 29.5 Å². The standard InChI is InChI=1S/C16H33NO2/c1-5-7-8-9-10-11-12-13-14-15(17(3)4)16(18)19-6-2/h15H,5-14H2,1-4H3. The van der Waals surface area contributed by atoms with E-state index < -0.39 is 0 Å². The minimum Gasteiger partial charge on any atom is -0.465 e. The molecule has 114 valence electrons. The molecule has 0 aromatic heterocycles. The summed E-state index contributed by atoms with van der Waals surface area (Å²) in [5.74, 6) is -0.0737. The molecule has 0 amide bonds. The highest BCUT2D eigenvalue weighted by molar-refractivity contribution is 5.75. The second kappa shape index (κ2) is 12.5. The molecular formula is C16H33NO2. The van der Waals surface area contributed by atoms with Crippen LogP contribution in [0.4, 0.5) is 0 Å². The molecule has 0 aliphatic rings. The first-order valence-corrected chi connectivity index (χ1v) is 7.96. The molecule has 0 radical (unpaired) electrons. The first-order chi connectivity index (χ1) is 9.13. The van der Waals surface area contributed by atoms with Gasteiger partial charge in [0.1, 0.15) is 6.04 Å². The van der Waals surface area contributed by atoms with Crippen LogP contribution >= 0.6 is 0 Å². The molecule has 3 nitrogen and oxygen atoms in total. The van der Waals surface area contributed by atoms with Gasteiger partial charge in [-0.15, -0.1) is 0 Å². The second-order valence-corrected chi connectivity index (χ2v) is 5.50. The van der Waals surface area contributed by atoms with Crippen molar-refractivity contribution >= 4 is 5.97 Å². The summed E-state index contributed by atoms with van der Waals surface area (Å²) < 4.78 is 5.11. The lowest BCUT2D eigenvalue weighted by Gasteiger charge is -2.22. The quantitative estimate of drug-likeness (QED) is 0.397. The van der Waals surface area contributed by atoms with Crippen LogP contribution in [0.3, 0.4) is 0 Å². The van der Waals surface area contributed by atoms with Gasteiger partial charge in [0.2, 0.25) is 0 Å². The maximum Gasteiger partial charge on any atom is 0.323 e. The highest BCUT2D eigenvalue weighted by Crippen LogP contribution is 2.13. The van der Waals surface area contributed by atoms with Crippen molar-refractivity contribution in [3.05, 3.63) is 0 Å². The number of carbonyl (C=O) groups is 1. The third-order valence-corrected chi connectivity index (χ3v) is 3.51. The van der Waals surface area contributed by atoms with E-state index in [4.69, 9.17) is 4.74 Å². The second-order valence-electron chi connectivity index (χ2n) is 5.50. The van der Waals surface area contributed by atoms with E-state index in [2.05, 4.69) is 6.92 Å². The first kappa shape index (κ1) is 18.4. The van der Waals surface area contributed by atoms with Gasteiger partial charge in [-0.2, -0.15) is 0 Å². The van der Waals surface area contributed by atoms with Crippen LogP contribution in [-0.4, -0.2) is 37.6 Å². The Labute approximate surface area is 119 Å². The summed E-state index contributed by atoms with van der Waals surface area (Å²) in [6.45, 7) is 4.58. The minimum absolute atomic E-state index is 0.0694. The Morgan fingerprint density at radius 3 is 1.95 bits per heavy atom. The molecule has 0 saturated carbocycles. The number of hydrogen-bond acceptors (Lipinski definition) is 3. The van der Waals surface area contributed by atoms with E-state index in [0.717, 1.165) is 12.8 Å². The number of nitrogens with zero attached hydrogens (tertiary/aromatic N) is 1. The Morgan fingerprint density at radius 1 is 0.947 bits per heavy atom. The van der Waals surface area contributed by atoms with Crippen molar-refractivity contribution in [3.63, 3.8) is 0 Å². The molecule has 0 aliphatic carbocycles. The van der Waals surface area contributed by atoms with Crippen LogP contribution in [0, 0.1) is 0 Å². The predicted octanol–water partition coefficient (Wildman–Crippen LogP) is 4.01. The summed E-state index contributed by atoms with van der Waals surface area (Å²) in [6.07, 6.45) is 11.3. The molecule has 0 rings (SSSR count). The van der Waals surface area contributed by atoms with Crippen LogP contribution in [0.1, 0.15) is 71.6 Å². The lowest BCUT2D eigenvalue weighted by molar-refractivity contribution is -0.148. The SMILES string of the molecule is CCCCCCCCCCC(C(=O)OCC)N(C)C. The largest absolute Gasteiger partial charge is 0.465 e. The van der Waals surface area contributed by atoms with Crippen molar-refractivity contribution in [3.8, 4) is 0 Å². The van der Waals surface area contributed by atoms with Gasteiger partial charge in [0.05, 0.1) is 6.61 Å². The van der Waals surface area contributed by atoms with Crippen molar-refractivity contribution < 1.29 is 9.53 Å². The summed E-state index contributed by atoms with van der Waals surface area (Å²) in [7, 11) is 3.90. The fourth-order valence-corrected chi connectivity index (χ4v) is 2.30. The van der Waals surface area contributed by atoms with Crippen LogP contribution in [0.25, 0.3) is 0 Å². The summed E-state index contributed by atoms with van der Waals surface area (Å²) >= 11 is 0. The van der Waals surface area contributed by atoms with Gasteiger partial charge in [-0.05, 0) is 27.4 Å². The zero-order chi connectivity index (χ0) is 14.5. The van der Waals surface area contributed by atoms with E-state index >= 15 is 0 Å². The zero-order valence-corrected chi connectivity index (χ0v) is 13.4. The van der Waals surface area contributed by atoms with Gasteiger partial charge < -0.3 is 4.74 Å². The molecule has 0 saturated heterocycles. The van der Waals surface area contributed by atoms with E-state index in [1.807, 2.05) is 25.9 Å². The number of ether oxygens (including phenoxy) is 1. The lowest BCUT2D eigenvalue weighted by Crippen LogP contribution is -2.37. The Hall–Kier alpha value is -0.570. The third-order valence-electron chi connectivity index (χ3n) is 3.51. The van der Waals surface area contributed by atoms with Crippen molar-refractivity contribution in [1.29, 1.82) is 0 Å². The Balaban J connectivity index is 3.62. The smallest absolute Gasteiger partial charge is 0.323 e.